The first-order valence-corrected chi connectivity index (χ1v) is 9.70. The molecule has 2 aromatic heterocycles. The van der Waals surface area contributed by atoms with E-state index in [4.69, 9.17) is 11.6 Å². The average Bonchev–Trinajstić information content (AvgIpc) is 3.06. The summed E-state index contributed by atoms with van der Waals surface area (Å²) in [7, 11) is 0. The summed E-state index contributed by atoms with van der Waals surface area (Å²) >= 11 is 6.67. The topological polar surface area (TPSA) is 55.5 Å². The molecule has 1 fully saturated rings. The van der Waals surface area contributed by atoms with E-state index < -0.39 is 0 Å². The van der Waals surface area contributed by atoms with Crippen LogP contribution in [0.1, 0.15) is 23.0 Å². The van der Waals surface area contributed by atoms with Crippen molar-refractivity contribution in [1.29, 1.82) is 0 Å². The maximum Gasteiger partial charge on any atom is 0.257 e. The smallest absolute Gasteiger partial charge is 0.257 e. The van der Waals surface area contributed by atoms with Gasteiger partial charge >= 0.3 is 0 Å². The van der Waals surface area contributed by atoms with Gasteiger partial charge in [0.25, 0.3) is 5.91 Å². The molecular formula is C20H23ClN5O+. The van der Waals surface area contributed by atoms with Gasteiger partial charge in [-0.2, -0.15) is 5.10 Å². The molecule has 0 radical (unpaired) electrons. The SMILES string of the molecule is CC[NH+]1CCN(C(=O)c2cnc3c(c(C)nn3-c3ccccc3)c2Cl)CC1. The number of para-hydroxylation sites is 1. The molecule has 6 nitrogen and oxygen atoms in total. The van der Waals surface area contributed by atoms with Crippen molar-refractivity contribution in [1.82, 2.24) is 19.7 Å². The fourth-order valence-corrected chi connectivity index (χ4v) is 4.01. The number of benzene rings is 1. The van der Waals surface area contributed by atoms with E-state index in [1.54, 1.807) is 10.9 Å². The number of aromatic nitrogens is 3. The van der Waals surface area contributed by atoms with E-state index in [1.165, 1.54) is 4.90 Å². The zero-order valence-electron chi connectivity index (χ0n) is 15.6. The largest absolute Gasteiger partial charge is 0.332 e. The van der Waals surface area contributed by atoms with E-state index in [0.29, 0.717) is 16.2 Å². The number of piperazine rings is 1. The molecule has 0 atom stereocenters. The number of nitrogens with zero attached hydrogens (tertiary/aromatic N) is 4. The van der Waals surface area contributed by atoms with E-state index in [9.17, 15) is 4.79 Å². The molecule has 0 aliphatic carbocycles. The van der Waals surface area contributed by atoms with Crippen molar-refractivity contribution < 1.29 is 9.69 Å². The Morgan fingerprint density at radius 2 is 1.93 bits per heavy atom. The normalized spacial score (nSPS) is 15.4. The first-order chi connectivity index (χ1) is 13.1. The monoisotopic (exact) mass is 384 g/mol. The average molecular weight is 385 g/mol. The van der Waals surface area contributed by atoms with Gasteiger partial charge in [0.2, 0.25) is 0 Å². The van der Waals surface area contributed by atoms with Gasteiger partial charge in [0.1, 0.15) is 0 Å². The van der Waals surface area contributed by atoms with Crippen LogP contribution in [0.5, 0.6) is 0 Å². The summed E-state index contributed by atoms with van der Waals surface area (Å²) in [5, 5.41) is 5.78. The highest BCUT2D eigenvalue weighted by Crippen LogP contribution is 2.30. The minimum atomic E-state index is -0.0450. The van der Waals surface area contributed by atoms with Crippen LogP contribution in [0.4, 0.5) is 0 Å². The number of quaternary nitrogens is 1. The number of hydrogen-bond acceptors (Lipinski definition) is 3. The molecule has 0 spiro atoms. The number of pyridine rings is 1. The molecule has 0 bridgehead atoms. The highest BCUT2D eigenvalue weighted by atomic mass is 35.5. The fraction of sp³-hybridized carbons (Fsp3) is 0.350. The number of fused-ring (bicyclic) bond motifs is 1. The zero-order valence-corrected chi connectivity index (χ0v) is 16.3. The molecule has 0 saturated carbocycles. The van der Waals surface area contributed by atoms with Gasteiger partial charge < -0.3 is 9.80 Å². The summed E-state index contributed by atoms with van der Waals surface area (Å²) in [5.74, 6) is -0.0450. The fourth-order valence-electron chi connectivity index (χ4n) is 3.66. The molecule has 27 heavy (non-hydrogen) atoms. The quantitative estimate of drug-likeness (QED) is 0.748. The highest BCUT2D eigenvalue weighted by molar-refractivity contribution is 6.38. The molecule has 4 rings (SSSR count). The van der Waals surface area contributed by atoms with E-state index in [2.05, 4.69) is 17.0 Å². The molecule has 0 unspecified atom stereocenters. The van der Waals surface area contributed by atoms with Crippen molar-refractivity contribution in [2.45, 2.75) is 13.8 Å². The standard InChI is InChI=1S/C20H22ClN5O/c1-3-24-9-11-25(12-10-24)20(27)16-13-22-19-17(18(16)21)14(2)23-26(19)15-7-5-4-6-8-15/h4-8,13H,3,9-12H2,1-2H3/p+1. The van der Waals surface area contributed by atoms with Gasteiger partial charge in [-0.1, -0.05) is 29.8 Å². The lowest BCUT2D eigenvalue weighted by molar-refractivity contribution is -0.902. The maximum absolute atomic E-state index is 13.0. The van der Waals surface area contributed by atoms with Crippen molar-refractivity contribution >= 4 is 28.5 Å². The van der Waals surface area contributed by atoms with E-state index in [0.717, 1.165) is 49.5 Å². The van der Waals surface area contributed by atoms with Gasteiger partial charge in [0.05, 0.1) is 60.1 Å². The Morgan fingerprint density at radius 1 is 1.22 bits per heavy atom. The van der Waals surface area contributed by atoms with Crippen LogP contribution in [0.3, 0.4) is 0 Å². The van der Waals surface area contributed by atoms with E-state index >= 15 is 0 Å². The second-order valence-electron chi connectivity index (χ2n) is 6.91. The highest BCUT2D eigenvalue weighted by Gasteiger charge is 2.27. The second-order valence-corrected chi connectivity index (χ2v) is 7.29. The summed E-state index contributed by atoms with van der Waals surface area (Å²) in [6.07, 6.45) is 1.59. The molecule has 1 aliphatic heterocycles. The third-order valence-corrected chi connectivity index (χ3v) is 5.69. The van der Waals surface area contributed by atoms with Gasteiger partial charge in [0.15, 0.2) is 5.65 Å². The molecule has 1 amide bonds. The van der Waals surface area contributed by atoms with Crippen LogP contribution in [0.2, 0.25) is 5.02 Å². The number of carbonyl (C=O) groups is 1. The number of amides is 1. The van der Waals surface area contributed by atoms with Gasteiger partial charge in [0, 0.05) is 6.20 Å². The van der Waals surface area contributed by atoms with Crippen LogP contribution in [0.25, 0.3) is 16.7 Å². The number of nitrogens with one attached hydrogen (secondary N) is 1. The Bertz CT molecular complexity index is 977. The third kappa shape index (κ3) is 3.19. The number of aryl methyl sites for hydroxylation is 1. The van der Waals surface area contributed by atoms with E-state index in [1.807, 2.05) is 42.2 Å². The Morgan fingerprint density at radius 3 is 2.59 bits per heavy atom. The third-order valence-electron chi connectivity index (χ3n) is 5.30. The first-order valence-electron chi connectivity index (χ1n) is 9.32. The summed E-state index contributed by atoms with van der Waals surface area (Å²) in [4.78, 5) is 21.0. The lowest BCUT2D eigenvalue weighted by Gasteiger charge is -2.31. The predicted octanol–water partition coefficient (Wildman–Crippen LogP) is 1.74. The van der Waals surface area contributed by atoms with Crippen molar-refractivity contribution in [3.8, 4) is 5.69 Å². The van der Waals surface area contributed by atoms with Crippen molar-refractivity contribution in [3.63, 3.8) is 0 Å². The van der Waals surface area contributed by atoms with Crippen LogP contribution < -0.4 is 4.90 Å². The summed E-state index contributed by atoms with van der Waals surface area (Å²) in [5.41, 5.74) is 2.80. The zero-order chi connectivity index (χ0) is 19.0. The van der Waals surface area contributed by atoms with Crippen molar-refractivity contribution in [2.24, 2.45) is 0 Å². The molecule has 1 aliphatic rings. The summed E-state index contributed by atoms with van der Waals surface area (Å²) < 4.78 is 1.77. The summed E-state index contributed by atoms with van der Waals surface area (Å²) in [6.45, 7) is 8.61. The van der Waals surface area contributed by atoms with Crippen molar-refractivity contribution in [3.05, 3.63) is 52.8 Å². The summed E-state index contributed by atoms with van der Waals surface area (Å²) in [6, 6.07) is 9.80. The number of halogens is 1. The van der Waals surface area contributed by atoms with Gasteiger partial charge in [-0.25, -0.2) is 9.67 Å². The molecule has 1 N–H and O–H groups in total. The lowest BCUT2D eigenvalue weighted by atomic mass is 10.1. The van der Waals surface area contributed by atoms with Gasteiger partial charge in [-0.3, -0.25) is 4.79 Å². The van der Waals surface area contributed by atoms with E-state index in [-0.39, 0.29) is 5.91 Å². The number of rotatable bonds is 3. The minimum absolute atomic E-state index is 0.0450. The number of carbonyl (C=O) groups excluding carboxylic acids is 1. The second kappa shape index (κ2) is 7.29. The molecule has 7 heteroatoms. The Kier molecular flexibility index (Phi) is 4.85. The van der Waals surface area contributed by atoms with Crippen LogP contribution in [0.15, 0.2) is 36.5 Å². The lowest BCUT2D eigenvalue weighted by Crippen LogP contribution is -3.14. The van der Waals surface area contributed by atoms with Crippen LogP contribution in [-0.4, -0.2) is 58.3 Å². The van der Waals surface area contributed by atoms with Gasteiger partial charge in [-0.05, 0) is 26.0 Å². The Labute approximate surface area is 163 Å². The predicted molar refractivity (Wildman–Crippen MR) is 106 cm³/mol. The molecule has 3 heterocycles. The number of hydrogen-bond donors (Lipinski definition) is 1. The molecular weight excluding hydrogens is 362 g/mol. The maximum atomic E-state index is 13.0. The van der Waals surface area contributed by atoms with Gasteiger partial charge in [-0.15, -0.1) is 0 Å². The molecule has 3 aromatic rings. The first kappa shape index (κ1) is 17.9. The minimum Gasteiger partial charge on any atom is -0.332 e. The molecule has 1 aromatic carbocycles. The number of likely N-dealkylation sites (N-methyl/N-ethyl adjacent to an activating group) is 1. The van der Waals surface area contributed by atoms with Crippen LogP contribution >= 0.6 is 11.6 Å². The Hall–Kier alpha value is -2.44. The van der Waals surface area contributed by atoms with Crippen LogP contribution in [-0.2, 0) is 0 Å². The molecule has 1 saturated heterocycles. The van der Waals surface area contributed by atoms with Crippen LogP contribution in [0, 0.1) is 6.92 Å². The van der Waals surface area contributed by atoms with Crippen molar-refractivity contribution in [2.75, 3.05) is 32.7 Å². The Balaban J connectivity index is 1.71. The molecule has 140 valence electrons.